The maximum absolute atomic E-state index is 5.54. The van der Waals surface area contributed by atoms with Crippen LogP contribution in [0.1, 0.15) is 11.3 Å². The second-order valence-corrected chi connectivity index (χ2v) is 8.30. The van der Waals surface area contributed by atoms with Crippen molar-refractivity contribution in [3.8, 4) is 22.7 Å². The van der Waals surface area contributed by atoms with E-state index in [0.29, 0.717) is 0 Å². The zero-order valence-corrected chi connectivity index (χ0v) is 19.3. The number of nitrogens with zero attached hydrogens (tertiary/aromatic N) is 6. The molecule has 33 heavy (non-hydrogen) atoms. The summed E-state index contributed by atoms with van der Waals surface area (Å²) in [5, 5.41) is 4.71. The molecule has 0 bridgehead atoms. The molecule has 0 spiro atoms. The SMILES string of the molecule is COc1ccccc1N1CCN(c2nccc(-c3cn(-c4ccc(C)cc4)nc3C)n2)CC1. The minimum absolute atomic E-state index is 0.759. The van der Waals surface area contributed by atoms with Gasteiger partial charge in [0.1, 0.15) is 5.75 Å². The zero-order chi connectivity index (χ0) is 22.8. The van der Waals surface area contributed by atoms with Crippen molar-refractivity contribution in [2.75, 3.05) is 43.1 Å². The van der Waals surface area contributed by atoms with Gasteiger partial charge >= 0.3 is 0 Å². The first-order valence-corrected chi connectivity index (χ1v) is 11.2. The third kappa shape index (κ3) is 4.26. The van der Waals surface area contributed by atoms with Crippen LogP contribution in [-0.2, 0) is 0 Å². The van der Waals surface area contributed by atoms with Gasteiger partial charge in [-0.25, -0.2) is 14.6 Å². The highest BCUT2D eigenvalue weighted by molar-refractivity contribution is 5.63. The van der Waals surface area contributed by atoms with Crippen molar-refractivity contribution in [1.82, 2.24) is 19.7 Å². The van der Waals surface area contributed by atoms with Gasteiger partial charge in [0.05, 0.1) is 29.9 Å². The van der Waals surface area contributed by atoms with Crippen molar-refractivity contribution in [3.05, 3.63) is 78.2 Å². The summed E-state index contributed by atoms with van der Waals surface area (Å²) in [5.41, 5.74) is 6.26. The molecule has 7 heteroatoms. The van der Waals surface area contributed by atoms with Gasteiger partial charge in [-0.3, -0.25) is 0 Å². The van der Waals surface area contributed by atoms with Gasteiger partial charge in [0.2, 0.25) is 5.95 Å². The summed E-state index contributed by atoms with van der Waals surface area (Å²) < 4.78 is 7.45. The molecule has 1 saturated heterocycles. The lowest BCUT2D eigenvalue weighted by Crippen LogP contribution is -2.47. The molecule has 0 saturated carbocycles. The largest absolute Gasteiger partial charge is 0.495 e. The Morgan fingerprint density at radius 1 is 0.848 bits per heavy atom. The predicted molar refractivity (Wildman–Crippen MR) is 131 cm³/mol. The maximum Gasteiger partial charge on any atom is 0.225 e. The van der Waals surface area contributed by atoms with Gasteiger partial charge in [-0.15, -0.1) is 0 Å². The molecule has 5 rings (SSSR count). The molecule has 0 unspecified atom stereocenters. The molecule has 0 aliphatic carbocycles. The fourth-order valence-electron chi connectivity index (χ4n) is 4.23. The zero-order valence-electron chi connectivity index (χ0n) is 19.3. The summed E-state index contributed by atoms with van der Waals surface area (Å²) in [7, 11) is 1.72. The molecule has 0 N–H and O–H groups in total. The molecule has 4 aromatic rings. The Morgan fingerprint density at radius 2 is 1.58 bits per heavy atom. The number of methoxy groups -OCH3 is 1. The van der Waals surface area contributed by atoms with Gasteiger partial charge < -0.3 is 14.5 Å². The summed E-state index contributed by atoms with van der Waals surface area (Å²) in [6.07, 6.45) is 3.89. The van der Waals surface area contributed by atoms with Crippen LogP contribution in [0.4, 0.5) is 11.6 Å². The minimum Gasteiger partial charge on any atom is -0.495 e. The molecule has 0 amide bonds. The average molecular weight is 441 g/mol. The van der Waals surface area contributed by atoms with Crippen molar-refractivity contribution >= 4 is 11.6 Å². The second-order valence-electron chi connectivity index (χ2n) is 8.30. The highest BCUT2D eigenvalue weighted by atomic mass is 16.5. The van der Waals surface area contributed by atoms with Crippen molar-refractivity contribution in [1.29, 1.82) is 0 Å². The Morgan fingerprint density at radius 3 is 2.33 bits per heavy atom. The third-order valence-corrected chi connectivity index (χ3v) is 6.10. The summed E-state index contributed by atoms with van der Waals surface area (Å²) in [5.74, 6) is 1.67. The van der Waals surface area contributed by atoms with Gasteiger partial charge in [-0.1, -0.05) is 29.8 Å². The number of aromatic nitrogens is 4. The molecule has 1 aliphatic heterocycles. The number of para-hydroxylation sites is 2. The quantitative estimate of drug-likeness (QED) is 0.462. The molecule has 1 fully saturated rings. The highest BCUT2D eigenvalue weighted by Gasteiger charge is 2.22. The van der Waals surface area contributed by atoms with Crippen molar-refractivity contribution in [3.63, 3.8) is 0 Å². The van der Waals surface area contributed by atoms with Crippen LogP contribution in [0, 0.1) is 13.8 Å². The van der Waals surface area contributed by atoms with Gasteiger partial charge in [0.25, 0.3) is 0 Å². The lowest BCUT2D eigenvalue weighted by atomic mass is 10.2. The molecule has 2 aromatic carbocycles. The number of piperazine rings is 1. The number of hydrogen-bond acceptors (Lipinski definition) is 6. The van der Waals surface area contributed by atoms with E-state index in [1.54, 1.807) is 7.11 Å². The van der Waals surface area contributed by atoms with Gasteiger partial charge in [0.15, 0.2) is 0 Å². The van der Waals surface area contributed by atoms with Crippen LogP contribution < -0.4 is 14.5 Å². The molecule has 168 valence electrons. The van der Waals surface area contributed by atoms with Crippen LogP contribution in [0.5, 0.6) is 5.75 Å². The van der Waals surface area contributed by atoms with E-state index >= 15 is 0 Å². The molecule has 1 aliphatic rings. The van der Waals surface area contributed by atoms with E-state index in [9.17, 15) is 0 Å². The molecule has 2 aromatic heterocycles. The number of rotatable bonds is 5. The Kier molecular flexibility index (Phi) is 5.69. The molecule has 0 atom stereocenters. The van der Waals surface area contributed by atoms with Crippen molar-refractivity contribution in [2.45, 2.75) is 13.8 Å². The number of anilines is 2. The van der Waals surface area contributed by atoms with Crippen LogP contribution in [0.25, 0.3) is 16.9 Å². The first kappa shape index (κ1) is 21.0. The monoisotopic (exact) mass is 440 g/mol. The fourth-order valence-corrected chi connectivity index (χ4v) is 4.23. The molecule has 3 heterocycles. The minimum atomic E-state index is 0.759. The second kappa shape index (κ2) is 8.94. The lowest BCUT2D eigenvalue weighted by molar-refractivity contribution is 0.413. The van der Waals surface area contributed by atoms with Gasteiger partial charge in [-0.2, -0.15) is 5.10 Å². The molecular formula is C26H28N6O. The first-order chi connectivity index (χ1) is 16.1. The summed E-state index contributed by atoms with van der Waals surface area (Å²) in [4.78, 5) is 14.1. The standard InChI is InChI=1S/C26H28N6O/c1-19-8-10-21(11-9-19)32-18-22(20(2)29-32)23-12-13-27-26(28-23)31-16-14-30(15-17-31)24-6-4-5-7-25(24)33-3/h4-13,18H,14-17H2,1-3H3. The van der Waals surface area contributed by atoms with Crippen LogP contribution >= 0.6 is 0 Å². The maximum atomic E-state index is 5.54. The normalized spacial score (nSPS) is 13.9. The summed E-state index contributed by atoms with van der Waals surface area (Å²) in [6, 6.07) is 18.5. The number of ether oxygens (including phenoxy) is 1. The fraction of sp³-hybridized carbons (Fsp3) is 0.269. The lowest BCUT2D eigenvalue weighted by Gasteiger charge is -2.36. The Labute approximate surface area is 194 Å². The van der Waals surface area contributed by atoms with Crippen LogP contribution in [0.15, 0.2) is 67.0 Å². The molecular weight excluding hydrogens is 412 g/mol. The van der Waals surface area contributed by atoms with Crippen LogP contribution in [0.2, 0.25) is 0 Å². The average Bonchev–Trinajstić information content (AvgIpc) is 3.26. The van der Waals surface area contributed by atoms with Crippen LogP contribution in [0.3, 0.4) is 0 Å². The highest BCUT2D eigenvalue weighted by Crippen LogP contribution is 2.29. The topological polar surface area (TPSA) is 59.3 Å². The summed E-state index contributed by atoms with van der Waals surface area (Å²) in [6.45, 7) is 7.58. The van der Waals surface area contributed by atoms with Gasteiger partial charge in [0, 0.05) is 44.1 Å². The van der Waals surface area contributed by atoms with E-state index in [-0.39, 0.29) is 0 Å². The van der Waals surface area contributed by atoms with E-state index < -0.39 is 0 Å². The van der Waals surface area contributed by atoms with E-state index in [2.05, 4.69) is 58.1 Å². The van der Waals surface area contributed by atoms with Crippen molar-refractivity contribution in [2.24, 2.45) is 0 Å². The number of hydrogen-bond donors (Lipinski definition) is 0. The van der Waals surface area contributed by atoms with Crippen molar-refractivity contribution < 1.29 is 4.74 Å². The molecule has 0 radical (unpaired) electrons. The van der Waals surface area contributed by atoms with Crippen LogP contribution in [-0.4, -0.2) is 53.0 Å². The molecule has 7 nitrogen and oxygen atoms in total. The smallest absolute Gasteiger partial charge is 0.225 e. The third-order valence-electron chi connectivity index (χ3n) is 6.10. The van der Waals surface area contributed by atoms with E-state index in [1.807, 2.05) is 42.2 Å². The Hall–Kier alpha value is -3.87. The van der Waals surface area contributed by atoms with E-state index in [1.165, 1.54) is 5.56 Å². The predicted octanol–water partition coefficient (Wildman–Crippen LogP) is 4.28. The number of benzene rings is 2. The Bertz CT molecular complexity index is 1240. The van der Waals surface area contributed by atoms with E-state index in [4.69, 9.17) is 14.8 Å². The van der Waals surface area contributed by atoms with E-state index in [0.717, 1.165) is 66.2 Å². The Balaban J connectivity index is 1.34. The first-order valence-electron chi connectivity index (χ1n) is 11.2. The number of aryl methyl sites for hydroxylation is 2. The summed E-state index contributed by atoms with van der Waals surface area (Å²) >= 11 is 0. The van der Waals surface area contributed by atoms with Gasteiger partial charge in [-0.05, 0) is 44.2 Å².